The molecule has 0 aliphatic rings. The number of hydrogen-bond acceptors (Lipinski definition) is 4. The fourth-order valence-corrected chi connectivity index (χ4v) is 3.89. The summed E-state index contributed by atoms with van der Waals surface area (Å²) in [6.45, 7) is 2.81. The predicted molar refractivity (Wildman–Crippen MR) is 119 cm³/mol. The smallest absolute Gasteiger partial charge is 0.123 e. The van der Waals surface area contributed by atoms with E-state index in [4.69, 9.17) is 4.74 Å². The maximum absolute atomic E-state index is 13.3. The molecule has 4 rings (SSSR count). The first-order chi connectivity index (χ1) is 14.7. The Morgan fingerprint density at radius 3 is 2.07 bits per heavy atom. The molecule has 0 saturated heterocycles. The van der Waals surface area contributed by atoms with E-state index >= 15 is 0 Å². The average Bonchev–Trinajstić information content (AvgIpc) is 3.29. The summed E-state index contributed by atoms with van der Waals surface area (Å²) < 4.78 is 19.1. The largest absolute Gasteiger partial charge is 0.489 e. The number of rotatable bonds is 9. The zero-order chi connectivity index (χ0) is 20.6. The minimum atomic E-state index is -0.212. The topological polar surface area (TPSA) is 25.4 Å². The van der Waals surface area contributed by atoms with Gasteiger partial charge in [-0.1, -0.05) is 54.6 Å². The third kappa shape index (κ3) is 5.99. The molecule has 0 fully saturated rings. The van der Waals surface area contributed by atoms with Gasteiger partial charge in [0.25, 0.3) is 0 Å². The van der Waals surface area contributed by atoms with E-state index in [1.165, 1.54) is 17.7 Å². The first-order valence-corrected chi connectivity index (χ1v) is 10.7. The standard InChI is InChI=1S/C25H23FN2OS/c26-23-10-6-20(7-11-23)16-28(18-25-27-14-15-30-25)17-21-8-12-24(13-9-21)29-19-22-4-2-1-3-5-22/h1-15H,16-19H2. The van der Waals surface area contributed by atoms with Crippen LogP contribution in [0.2, 0.25) is 0 Å². The summed E-state index contributed by atoms with van der Waals surface area (Å²) in [5.74, 6) is 0.643. The molecule has 0 radical (unpaired) electrons. The number of ether oxygens (including phenoxy) is 1. The zero-order valence-electron chi connectivity index (χ0n) is 16.6. The SMILES string of the molecule is Fc1ccc(CN(Cc2ccc(OCc3ccccc3)cc2)Cc2nccs2)cc1. The lowest BCUT2D eigenvalue weighted by molar-refractivity contribution is 0.247. The number of benzene rings is 3. The molecule has 5 heteroatoms. The van der Waals surface area contributed by atoms with Gasteiger partial charge in [-0.15, -0.1) is 11.3 Å². The fraction of sp³-hybridized carbons (Fsp3) is 0.160. The Labute approximate surface area is 180 Å². The van der Waals surface area contributed by atoms with Gasteiger partial charge in [-0.3, -0.25) is 4.90 Å². The van der Waals surface area contributed by atoms with Crippen LogP contribution in [0.4, 0.5) is 4.39 Å². The third-order valence-electron chi connectivity index (χ3n) is 4.74. The van der Waals surface area contributed by atoms with Crippen molar-refractivity contribution in [2.45, 2.75) is 26.2 Å². The van der Waals surface area contributed by atoms with Gasteiger partial charge in [0.05, 0.1) is 6.54 Å². The summed E-state index contributed by atoms with van der Waals surface area (Å²) in [6.07, 6.45) is 1.83. The Kier molecular flexibility index (Phi) is 6.85. The van der Waals surface area contributed by atoms with Gasteiger partial charge in [0, 0.05) is 24.7 Å². The van der Waals surface area contributed by atoms with Crippen LogP contribution in [0.15, 0.2) is 90.4 Å². The van der Waals surface area contributed by atoms with Crippen molar-refractivity contribution < 1.29 is 9.13 Å². The monoisotopic (exact) mass is 418 g/mol. The molecule has 3 aromatic carbocycles. The van der Waals surface area contributed by atoms with Crippen molar-refractivity contribution in [2.24, 2.45) is 0 Å². The molecule has 1 heterocycles. The molecule has 0 spiro atoms. The summed E-state index contributed by atoms with van der Waals surface area (Å²) in [7, 11) is 0. The van der Waals surface area contributed by atoms with Gasteiger partial charge in [0.2, 0.25) is 0 Å². The molecule has 0 N–H and O–H groups in total. The Balaban J connectivity index is 1.40. The van der Waals surface area contributed by atoms with Gasteiger partial charge in [-0.05, 0) is 41.0 Å². The lowest BCUT2D eigenvalue weighted by Gasteiger charge is -2.22. The van der Waals surface area contributed by atoms with E-state index in [1.807, 2.05) is 54.0 Å². The van der Waals surface area contributed by atoms with Crippen LogP contribution in [0.25, 0.3) is 0 Å². The molecule has 0 unspecified atom stereocenters. The van der Waals surface area contributed by atoms with E-state index in [9.17, 15) is 4.39 Å². The Morgan fingerprint density at radius 2 is 1.43 bits per heavy atom. The Bertz CT molecular complexity index is 1020. The number of nitrogens with zero attached hydrogens (tertiary/aromatic N) is 2. The molecule has 1 aromatic heterocycles. The second-order valence-corrected chi connectivity index (χ2v) is 8.09. The third-order valence-corrected chi connectivity index (χ3v) is 5.50. The van der Waals surface area contributed by atoms with E-state index in [-0.39, 0.29) is 5.82 Å². The Hall–Kier alpha value is -3.02. The van der Waals surface area contributed by atoms with Crippen molar-refractivity contribution in [3.63, 3.8) is 0 Å². The van der Waals surface area contributed by atoms with Crippen molar-refractivity contribution in [1.29, 1.82) is 0 Å². The van der Waals surface area contributed by atoms with Crippen molar-refractivity contribution in [2.75, 3.05) is 0 Å². The van der Waals surface area contributed by atoms with Crippen molar-refractivity contribution in [3.8, 4) is 5.75 Å². The normalized spacial score (nSPS) is 11.0. The molecule has 3 nitrogen and oxygen atoms in total. The van der Waals surface area contributed by atoms with Gasteiger partial charge in [-0.2, -0.15) is 0 Å². The molecule has 0 saturated carbocycles. The van der Waals surface area contributed by atoms with E-state index < -0.39 is 0 Å². The maximum atomic E-state index is 13.3. The van der Waals surface area contributed by atoms with E-state index in [2.05, 4.69) is 34.1 Å². The van der Waals surface area contributed by atoms with E-state index in [0.717, 1.165) is 41.5 Å². The number of hydrogen-bond donors (Lipinski definition) is 0. The van der Waals surface area contributed by atoms with Gasteiger partial charge >= 0.3 is 0 Å². The summed E-state index contributed by atoms with van der Waals surface area (Å²) in [4.78, 5) is 6.73. The highest BCUT2D eigenvalue weighted by Gasteiger charge is 2.10. The minimum Gasteiger partial charge on any atom is -0.489 e. The molecule has 0 amide bonds. The molecule has 0 atom stereocenters. The van der Waals surface area contributed by atoms with Crippen LogP contribution in [0, 0.1) is 5.82 Å². The van der Waals surface area contributed by atoms with Crippen LogP contribution in [-0.2, 0) is 26.2 Å². The first-order valence-electron chi connectivity index (χ1n) is 9.85. The molecular formula is C25H23FN2OS. The molecule has 0 bridgehead atoms. The Morgan fingerprint density at radius 1 is 0.767 bits per heavy atom. The van der Waals surface area contributed by atoms with Crippen LogP contribution in [0.5, 0.6) is 5.75 Å². The number of aromatic nitrogens is 1. The average molecular weight is 419 g/mol. The molecule has 30 heavy (non-hydrogen) atoms. The van der Waals surface area contributed by atoms with Crippen LogP contribution in [-0.4, -0.2) is 9.88 Å². The van der Waals surface area contributed by atoms with Gasteiger partial charge < -0.3 is 4.74 Å². The number of thiazole rings is 1. The van der Waals surface area contributed by atoms with Crippen LogP contribution < -0.4 is 4.74 Å². The first kappa shape index (κ1) is 20.3. The predicted octanol–water partition coefficient (Wildman–Crippen LogP) is 6.06. The lowest BCUT2D eigenvalue weighted by atomic mass is 10.1. The summed E-state index contributed by atoms with van der Waals surface area (Å²) in [5, 5.41) is 3.06. The fourth-order valence-electron chi connectivity index (χ4n) is 3.23. The minimum absolute atomic E-state index is 0.212. The van der Waals surface area contributed by atoms with Gasteiger partial charge in [0.1, 0.15) is 23.2 Å². The molecule has 0 aliphatic carbocycles. The van der Waals surface area contributed by atoms with Crippen molar-refractivity contribution in [3.05, 3.63) is 118 Å². The van der Waals surface area contributed by atoms with Crippen LogP contribution >= 0.6 is 11.3 Å². The highest BCUT2D eigenvalue weighted by molar-refractivity contribution is 7.09. The van der Waals surface area contributed by atoms with Crippen LogP contribution in [0.1, 0.15) is 21.7 Å². The highest BCUT2D eigenvalue weighted by atomic mass is 32.1. The van der Waals surface area contributed by atoms with E-state index in [0.29, 0.717) is 6.61 Å². The highest BCUT2D eigenvalue weighted by Crippen LogP contribution is 2.19. The maximum Gasteiger partial charge on any atom is 0.123 e. The van der Waals surface area contributed by atoms with Crippen molar-refractivity contribution in [1.82, 2.24) is 9.88 Å². The number of halogens is 1. The van der Waals surface area contributed by atoms with Crippen LogP contribution in [0.3, 0.4) is 0 Å². The van der Waals surface area contributed by atoms with E-state index in [1.54, 1.807) is 11.3 Å². The summed E-state index contributed by atoms with van der Waals surface area (Å²) in [6, 6.07) is 25.1. The molecule has 0 aliphatic heterocycles. The quantitative estimate of drug-likeness (QED) is 0.330. The molecule has 4 aromatic rings. The second kappa shape index (κ2) is 10.1. The zero-order valence-corrected chi connectivity index (χ0v) is 17.4. The summed E-state index contributed by atoms with van der Waals surface area (Å²) in [5.41, 5.74) is 3.42. The van der Waals surface area contributed by atoms with Gasteiger partial charge in [-0.25, -0.2) is 9.37 Å². The van der Waals surface area contributed by atoms with Gasteiger partial charge in [0.15, 0.2) is 0 Å². The lowest BCUT2D eigenvalue weighted by Crippen LogP contribution is -2.22. The second-order valence-electron chi connectivity index (χ2n) is 7.12. The molecule has 152 valence electrons. The molecular weight excluding hydrogens is 395 g/mol. The summed E-state index contributed by atoms with van der Waals surface area (Å²) >= 11 is 1.65. The van der Waals surface area contributed by atoms with Crippen molar-refractivity contribution >= 4 is 11.3 Å².